The molecule has 2 atom stereocenters. The van der Waals surface area contributed by atoms with Crippen LogP contribution in [0.15, 0.2) is 55.0 Å². The van der Waals surface area contributed by atoms with Crippen LogP contribution in [0.1, 0.15) is 68.8 Å². The number of nitrogens with one attached hydrogen (secondary N) is 1. The molecular formula is C29H31N7O2. The van der Waals surface area contributed by atoms with Crippen molar-refractivity contribution in [3.05, 3.63) is 71.9 Å². The molecule has 1 unspecified atom stereocenters. The van der Waals surface area contributed by atoms with Gasteiger partial charge in [0, 0.05) is 36.3 Å². The Morgan fingerprint density at radius 3 is 2.68 bits per heavy atom. The van der Waals surface area contributed by atoms with Gasteiger partial charge in [-0.05, 0) is 49.3 Å². The third kappa shape index (κ3) is 4.78. The number of pyridine rings is 1. The third-order valence-corrected chi connectivity index (χ3v) is 6.89. The average Bonchev–Trinajstić information content (AvgIpc) is 3.55. The molecule has 4 heterocycles. The van der Waals surface area contributed by atoms with Crippen LogP contribution in [0.2, 0.25) is 0 Å². The number of aliphatic hydroxyl groups is 1. The van der Waals surface area contributed by atoms with Crippen LogP contribution >= 0.6 is 0 Å². The van der Waals surface area contributed by atoms with Crippen molar-refractivity contribution < 1.29 is 9.90 Å². The first-order valence-electron chi connectivity index (χ1n) is 12.7. The summed E-state index contributed by atoms with van der Waals surface area (Å²) in [6.07, 6.45) is 5.93. The number of amides is 1. The lowest BCUT2D eigenvalue weighted by atomic mass is 10.0. The molecule has 0 spiro atoms. The van der Waals surface area contributed by atoms with Gasteiger partial charge in [0.1, 0.15) is 28.7 Å². The van der Waals surface area contributed by atoms with Crippen molar-refractivity contribution in [2.45, 2.75) is 51.8 Å². The third-order valence-electron chi connectivity index (χ3n) is 6.89. The van der Waals surface area contributed by atoms with Gasteiger partial charge in [-0.25, -0.2) is 15.0 Å². The Morgan fingerprint density at radius 2 is 1.95 bits per heavy atom. The van der Waals surface area contributed by atoms with E-state index in [0.29, 0.717) is 40.9 Å². The van der Waals surface area contributed by atoms with Gasteiger partial charge in [0.2, 0.25) is 0 Å². The van der Waals surface area contributed by atoms with E-state index >= 15 is 0 Å². The first-order valence-corrected chi connectivity index (χ1v) is 12.7. The van der Waals surface area contributed by atoms with Crippen molar-refractivity contribution in [2.24, 2.45) is 0 Å². The first-order chi connectivity index (χ1) is 18.4. The molecule has 1 aromatic carbocycles. The Morgan fingerprint density at radius 1 is 1.16 bits per heavy atom. The first kappa shape index (κ1) is 25.2. The van der Waals surface area contributed by atoms with Crippen molar-refractivity contribution in [3.63, 3.8) is 0 Å². The summed E-state index contributed by atoms with van der Waals surface area (Å²) in [6.45, 7) is 6.52. The standard InChI is InChI=1S/C29H31N7O2/c1-4-6-24(37)35-15-5-7-22(35)28-34-25(26-27(30)32-14-16-36(26)28)19-8-10-20(11-9-19)29(38)33-23-17-21(18(2)3)12-13-31-23/h8-14,16-18,22,29,38H,5,7,15H2,1-3H3,(H2,30,32)(H,31,33)/t22-,29?/m0/s1. The van der Waals surface area contributed by atoms with Gasteiger partial charge in [-0.15, -0.1) is 0 Å². The fourth-order valence-corrected chi connectivity index (χ4v) is 4.91. The van der Waals surface area contributed by atoms with Gasteiger partial charge in [-0.2, -0.15) is 0 Å². The summed E-state index contributed by atoms with van der Waals surface area (Å²) in [4.78, 5) is 28.0. The molecule has 0 bridgehead atoms. The Labute approximate surface area is 221 Å². The highest BCUT2D eigenvalue weighted by Crippen LogP contribution is 2.36. The minimum absolute atomic E-state index is 0.199. The van der Waals surface area contributed by atoms with Crippen molar-refractivity contribution in [2.75, 3.05) is 17.6 Å². The molecule has 3 aromatic heterocycles. The van der Waals surface area contributed by atoms with Gasteiger partial charge in [0.15, 0.2) is 6.23 Å². The van der Waals surface area contributed by atoms with E-state index in [4.69, 9.17) is 10.7 Å². The summed E-state index contributed by atoms with van der Waals surface area (Å²) >= 11 is 0. The second kappa shape index (κ2) is 10.5. The quantitative estimate of drug-likeness (QED) is 0.262. The van der Waals surface area contributed by atoms with Crippen molar-refractivity contribution in [1.29, 1.82) is 0 Å². The lowest BCUT2D eigenvalue weighted by Crippen LogP contribution is -2.30. The minimum Gasteiger partial charge on any atom is -0.382 e. The number of aromatic nitrogens is 4. The van der Waals surface area contributed by atoms with Crippen molar-refractivity contribution >= 4 is 23.1 Å². The molecule has 1 aliphatic rings. The number of carbonyl (C=O) groups excluding carboxylic acids is 1. The van der Waals surface area contributed by atoms with Gasteiger partial charge in [-0.1, -0.05) is 44.0 Å². The van der Waals surface area contributed by atoms with Gasteiger partial charge in [-0.3, -0.25) is 9.20 Å². The zero-order chi connectivity index (χ0) is 26.8. The molecule has 5 rings (SSSR count). The van der Waals surface area contributed by atoms with Crippen LogP contribution in [-0.2, 0) is 4.79 Å². The lowest BCUT2D eigenvalue weighted by Gasteiger charge is -2.21. The molecule has 9 nitrogen and oxygen atoms in total. The smallest absolute Gasteiger partial charge is 0.299 e. The van der Waals surface area contributed by atoms with Crippen LogP contribution in [-0.4, -0.2) is 41.8 Å². The zero-order valence-corrected chi connectivity index (χ0v) is 21.7. The Hall–Kier alpha value is -4.42. The molecule has 1 fully saturated rings. The van der Waals surface area contributed by atoms with Crippen LogP contribution in [0, 0.1) is 11.8 Å². The number of hydrogen-bond acceptors (Lipinski definition) is 7. The minimum atomic E-state index is -0.933. The maximum Gasteiger partial charge on any atom is 0.299 e. The highest BCUT2D eigenvalue weighted by molar-refractivity contribution is 5.94. The summed E-state index contributed by atoms with van der Waals surface area (Å²) in [5.74, 6) is 7.22. The average molecular weight is 510 g/mol. The molecule has 0 saturated carbocycles. The van der Waals surface area contributed by atoms with Gasteiger partial charge in [0.25, 0.3) is 5.91 Å². The maximum atomic E-state index is 12.6. The number of aliphatic hydroxyl groups excluding tert-OH is 1. The monoisotopic (exact) mass is 509 g/mol. The Bertz CT molecular complexity index is 1530. The number of nitrogens with zero attached hydrogens (tertiary/aromatic N) is 5. The SMILES string of the molecule is CC#CC(=O)N1CCC[C@H]1c1nc(-c2ccc(C(O)Nc3cc(C(C)C)ccn3)cc2)c2c(N)nccn12. The molecule has 1 saturated heterocycles. The Kier molecular flexibility index (Phi) is 6.99. The molecule has 4 N–H and O–H groups in total. The number of imidazole rings is 1. The van der Waals surface area contributed by atoms with Crippen LogP contribution < -0.4 is 11.1 Å². The summed E-state index contributed by atoms with van der Waals surface area (Å²) in [5.41, 5.74) is 10.3. The number of benzene rings is 1. The summed E-state index contributed by atoms with van der Waals surface area (Å²) in [6, 6.07) is 11.2. The fraction of sp³-hybridized carbons (Fsp3) is 0.310. The number of hydrogen-bond donors (Lipinski definition) is 3. The predicted molar refractivity (Wildman–Crippen MR) is 147 cm³/mol. The molecule has 0 radical (unpaired) electrons. The summed E-state index contributed by atoms with van der Waals surface area (Å²) < 4.78 is 1.92. The van der Waals surface area contributed by atoms with E-state index in [9.17, 15) is 9.90 Å². The van der Waals surface area contributed by atoms with Gasteiger partial charge < -0.3 is 21.1 Å². The van der Waals surface area contributed by atoms with E-state index in [1.807, 2.05) is 47.0 Å². The summed E-state index contributed by atoms with van der Waals surface area (Å²) in [5, 5.41) is 13.9. The molecule has 1 amide bonds. The largest absolute Gasteiger partial charge is 0.382 e. The number of anilines is 2. The maximum absolute atomic E-state index is 12.6. The fourth-order valence-electron chi connectivity index (χ4n) is 4.91. The number of likely N-dealkylation sites (tertiary alicyclic amines) is 1. The number of fused-ring (bicyclic) bond motifs is 1. The van der Waals surface area contributed by atoms with Gasteiger partial charge >= 0.3 is 0 Å². The number of rotatable bonds is 6. The van der Waals surface area contributed by atoms with Crippen molar-refractivity contribution in [1.82, 2.24) is 24.3 Å². The second-order valence-corrected chi connectivity index (χ2v) is 9.68. The normalized spacial score (nSPS) is 15.9. The van der Waals surface area contributed by atoms with Crippen LogP contribution in [0.3, 0.4) is 0 Å². The van der Waals surface area contributed by atoms with E-state index in [-0.39, 0.29) is 11.9 Å². The summed E-state index contributed by atoms with van der Waals surface area (Å²) in [7, 11) is 0. The highest BCUT2D eigenvalue weighted by atomic mass is 16.3. The second-order valence-electron chi connectivity index (χ2n) is 9.68. The van der Waals surface area contributed by atoms with E-state index in [2.05, 4.69) is 41.0 Å². The lowest BCUT2D eigenvalue weighted by molar-refractivity contribution is -0.126. The highest BCUT2D eigenvalue weighted by Gasteiger charge is 2.33. The molecule has 1 aliphatic heterocycles. The van der Waals surface area contributed by atoms with Gasteiger partial charge in [0.05, 0.1) is 6.04 Å². The number of nitrogen functional groups attached to an aromatic ring is 1. The van der Waals surface area contributed by atoms with E-state index in [1.54, 1.807) is 24.2 Å². The molecule has 38 heavy (non-hydrogen) atoms. The van der Waals surface area contributed by atoms with Crippen LogP contribution in [0.5, 0.6) is 0 Å². The predicted octanol–water partition coefficient (Wildman–Crippen LogP) is 4.29. The molecule has 194 valence electrons. The topological polar surface area (TPSA) is 122 Å². The van der Waals surface area contributed by atoms with E-state index < -0.39 is 6.23 Å². The number of carbonyl (C=O) groups is 1. The molecule has 4 aromatic rings. The van der Waals surface area contributed by atoms with Crippen LogP contribution in [0.4, 0.5) is 11.6 Å². The number of nitrogens with two attached hydrogens (primary N) is 1. The van der Waals surface area contributed by atoms with Crippen molar-refractivity contribution in [3.8, 4) is 23.1 Å². The molecule has 9 heteroatoms. The van der Waals surface area contributed by atoms with E-state index in [1.165, 1.54) is 0 Å². The van der Waals surface area contributed by atoms with E-state index in [0.717, 1.165) is 29.8 Å². The zero-order valence-electron chi connectivity index (χ0n) is 21.7. The molecular weight excluding hydrogens is 478 g/mol. The molecule has 0 aliphatic carbocycles. The Balaban J connectivity index is 1.46. The van der Waals surface area contributed by atoms with Crippen LogP contribution in [0.25, 0.3) is 16.8 Å².